The Morgan fingerprint density at radius 3 is 2.59 bits per heavy atom. The Morgan fingerprint density at radius 2 is 1.86 bits per heavy atom. The van der Waals surface area contributed by atoms with E-state index in [2.05, 4.69) is 20.9 Å². The highest BCUT2D eigenvalue weighted by Gasteiger charge is 2.60. The summed E-state index contributed by atoms with van der Waals surface area (Å²) in [5.74, 6) is -0.500. The highest BCUT2D eigenvalue weighted by Crippen LogP contribution is 2.55. The first-order valence-electron chi connectivity index (χ1n) is 14.7. The number of nitrogens with one attached hydrogen (secondary N) is 1. The zero-order chi connectivity index (χ0) is 31.0. The van der Waals surface area contributed by atoms with Crippen molar-refractivity contribution in [2.24, 2.45) is 0 Å². The summed E-state index contributed by atoms with van der Waals surface area (Å²) in [6.45, 7) is 4.88. The molecule has 1 aromatic heterocycles. The maximum atomic E-state index is 15.0. The highest BCUT2D eigenvalue weighted by atomic mass is 79.9. The number of hydrogen-bond donors (Lipinski definition) is 1. The molecule has 2 amide bonds. The molecule has 2 fully saturated rings. The first-order valence-corrected chi connectivity index (χ1v) is 16.7. The van der Waals surface area contributed by atoms with Crippen LogP contribution in [-0.2, 0) is 25.7 Å². The second-order valence-corrected chi connectivity index (χ2v) is 14.2. The fourth-order valence-electron chi connectivity index (χ4n) is 6.24. The van der Waals surface area contributed by atoms with E-state index in [-0.39, 0.29) is 36.7 Å². The second-order valence-electron chi connectivity index (χ2n) is 11.5. The Balaban J connectivity index is 1.48. The van der Waals surface area contributed by atoms with Gasteiger partial charge in [-0.2, -0.15) is 0 Å². The number of carbonyl (C=O) groups is 3. The molecule has 10 heteroatoms. The van der Waals surface area contributed by atoms with Gasteiger partial charge in [0, 0.05) is 63.0 Å². The van der Waals surface area contributed by atoms with Crippen LogP contribution in [0, 0.1) is 6.92 Å². The quantitative estimate of drug-likeness (QED) is 0.194. The van der Waals surface area contributed by atoms with Crippen LogP contribution >= 0.6 is 39.3 Å². The van der Waals surface area contributed by atoms with Crippen LogP contribution in [0.4, 0.5) is 0 Å². The summed E-state index contributed by atoms with van der Waals surface area (Å²) >= 11 is 11.3. The average molecular weight is 695 g/mol. The zero-order valence-corrected chi connectivity index (χ0v) is 27.7. The number of amides is 2. The zero-order valence-electron chi connectivity index (χ0n) is 24.5. The number of benzene rings is 3. The number of thioether (sulfide) groups is 1. The Hall–Kier alpha value is -3.27. The van der Waals surface area contributed by atoms with Crippen LogP contribution in [-0.4, -0.2) is 56.5 Å². The lowest BCUT2D eigenvalue weighted by Gasteiger charge is -2.38. The topological polar surface area (TPSA) is 82.7 Å². The van der Waals surface area contributed by atoms with Gasteiger partial charge >= 0.3 is 5.97 Å². The summed E-state index contributed by atoms with van der Waals surface area (Å²) in [5.41, 5.74) is 3.77. The monoisotopic (exact) mass is 693 g/mol. The maximum Gasteiger partial charge on any atom is 0.305 e. The fourth-order valence-corrected chi connectivity index (χ4v) is 8.15. The van der Waals surface area contributed by atoms with E-state index in [0.29, 0.717) is 31.1 Å². The molecule has 0 saturated carbocycles. The second kappa shape index (κ2) is 12.6. The van der Waals surface area contributed by atoms with Gasteiger partial charge in [0.1, 0.15) is 10.9 Å². The van der Waals surface area contributed by atoms with Crippen LogP contribution in [0.3, 0.4) is 0 Å². The van der Waals surface area contributed by atoms with E-state index in [4.69, 9.17) is 16.3 Å². The molecule has 0 radical (unpaired) electrons. The van der Waals surface area contributed by atoms with Crippen molar-refractivity contribution in [1.29, 1.82) is 0 Å². The van der Waals surface area contributed by atoms with Gasteiger partial charge in [0.2, 0.25) is 11.8 Å². The van der Waals surface area contributed by atoms with Crippen molar-refractivity contribution in [1.82, 2.24) is 14.8 Å². The number of ether oxygens (including phenoxy) is 1. The number of hydrogen-bond acceptors (Lipinski definition) is 5. The molecule has 7 nitrogen and oxygen atoms in total. The molecule has 0 bridgehead atoms. The summed E-state index contributed by atoms with van der Waals surface area (Å²) in [4.78, 5) is 49.1. The third kappa shape index (κ3) is 6.02. The standard InChI is InChI=1S/C34H33BrClN3O4S/c1-3-31(41)43-25-14-15-38(20-25)33(42)34(44-26-11-4-21(2)5-12-26)17-30(40)39(19-22-6-8-23(35)9-7-22)32(34)28-18-37-29-16-24(36)10-13-27(28)29/h4-13,16,18,25,32,37H,3,14-15,17,19-20H2,1-2H3/t25-,32+,34+/m1/s1. The maximum absolute atomic E-state index is 15.0. The molecule has 6 rings (SSSR count). The van der Waals surface area contributed by atoms with Crippen molar-refractivity contribution >= 4 is 68.0 Å². The summed E-state index contributed by atoms with van der Waals surface area (Å²) < 4.78 is 5.40. The largest absolute Gasteiger partial charge is 0.460 e. The summed E-state index contributed by atoms with van der Waals surface area (Å²) in [6, 6.07) is 21.0. The van der Waals surface area contributed by atoms with Gasteiger partial charge in [0.25, 0.3) is 0 Å². The molecule has 3 heterocycles. The number of aromatic amines is 1. The molecule has 0 aliphatic carbocycles. The molecule has 2 aliphatic rings. The van der Waals surface area contributed by atoms with Crippen LogP contribution < -0.4 is 0 Å². The van der Waals surface area contributed by atoms with Crippen LogP contribution in [0.15, 0.2) is 82.3 Å². The highest BCUT2D eigenvalue weighted by molar-refractivity contribution is 9.10. The Kier molecular flexibility index (Phi) is 8.81. The van der Waals surface area contributed by atoms with Gasteiger partial charge in [0.05, 0.1) is 19.0 Å². The molecule has 4 aromatic rings. The lowest BCUT2D eigenvalue weighted by molar-refractivity contribution is -0.149. The van der Waals surface area contributed by atoms with E-state index in [0.717, 1.165) is 37.0 Å². The number of fused-ring (bicyclic) bond motifs is 1. The molecule has 2 aliphatic heterocycles. The summed E-state index contributed by atoms with van der Waals surface area (Å²) in [7, 11) is 0. The molecule has 3 atom stereocenters. The van der Waals surface area contributed by atoms with Gasteiger partial charge in [-0.3, -0.25) is 14.4 Å². The molecule has 1 N–H and O–H groups in total. The van der Waals surface area contributed by atoms with Crippen molar-refractivity contribution in [3.8, 4) is 0 Å². The number of esters is 1. The van der Waals surface area contributed by atoms with Gasteiger partial charge in [-0.1, -0.05) is 70.3 Å². The molecule has 0 spiro atoms. The van der Waals surface area contributed by atoms with E-state index in [1.165, 1.54) is 11.8 Å². The van der Waals surface area contributed by atoms with Gasteiger partial charge < -0.3 is 19.5 Å². The number of likely N-dealkylation sites (tertiary alicyclic amines) is 2. The molecule has 44 heavy (non-hydrogen) atoms. The third-order valence-corrected chi connectivity index (χ3v) is 10.6. The molecule has 228 valence electrons. The van der Waals surface area contributed by atoms with Gasteiger partial charge in [0.15, 0.2) is 0 Å². The molecule has 0 unspecified atom stereocenters. The number of H-pyrrole nitrogens is 1. The normalized spacial score (nSPS) is 21.8. The van der Waals surface area contributed by atoms with E-state index in [1.54, 1.807) is 11.8 Å². The molecular weight excluding hydrogens is 662 g/mol. The summed E-state index contributed by atoms with van der Waals surface area (Å²) in [5, 5.41) is 1.51. The predicted octanol–water partition coefficient (Wildman–Crippen LogP) is 7.45. The van der Waals surface area contributed by atoms with Gasteiger partial charge in [-0.15, -0.1) is 11.8 Å². The molecular formula is C34H33BrClN3O4S. The Labute approximate surface area is 274 Å². The first-order chi connectivity index (χ1) is 21.2. The lowest BCUT2D eigenvalue weighted by atomic mass is 9.90. The van der Waals surface area contributed by atoms with E-state index < -0.39 is 10.8 Å². The van der Waals surface area contributed by atoms with Crippen molar-refractivity contribution < 1.29 is 19.1 Å². The molecule has 2 saturated heterocycles. The van der Waals surface area contributed by atoms with Gasteiger partial charge in [-0.05, 0) is 48.9 Å². The summed E-state index contributed by atoms with van der Waals surface area (Å²) in [6.07, 6.45) is 2.42. The number of rotatable bonds is 8. The van der Waals surface area contributed by atoms with Crippen LogP contribution in [0.5, 0.6) is 0 Å². The van der Waals surface area contributed by atoms with Crippen molar-refractivity contribution in [3.63, 3.8) is 0 Å². The van der Waals surface area contributed by atoms with Gasteiger partial charge in [-0.25, -0.2) is 0 Å². The Bertz CT molecular complexity index is 1710. The van der Waals surface area contributed by atoms with Crippen molar-refractivity contribution in [3.05, 3.63) is 99.1 Å². The minimum atomic E-state index is -1.18. The van der Waals surface area contributed by atoms with Crippen LogP contribution in [0.1, 0.15) is 48.9 Å². The fraction of sp³-hybridized carbons (Fsp3) is 0.324. The average Bonchev–Trinajstić information content (AvgIpc) is 3.71. The number of halogens is 2. The number of aryl methyl sites for hydroxylation is 1. The smallest absolute Gasteiger partial charge is 0.305 e. The van der Waals surface area contributed by atoms with Crippen molar-refractivity contribution in [2.75, 3.05) is 13.1 Å². The van der Waals surface area contributed by atoms with E-state index >= 15 is 0 Å². The van der Waals surface area contributed by atoms with E-state index in [9.17, 15) is 14.4 Å². The van der Waals surface area contributed by atoms with Crippen molar-refractivity contribution in [2.45, 2.75) is 61.4 Å². The number of nitrogens with zero attached hydrogens (tertiary/aromatic N) is 2. The van der Waals surface area contributed by atoms with Crippen LogP contribution in [0.25, 0.3) is 10.9 Å². The number of carbonyl (C=O) groups excluding carboxylic acids is 3. The predicted molar refractivity (Wildman–Crippen MR) is 176 cm³/mol. The third-order valence-electron chi connectivity index (χ3n) is 8.43. The van der Waals surface area contributed by atoms with Crippen LogP contribution in [0.2, 0.25) is 5.02 Å². The number of aromatic nitrogens is 1. The Morgan fingerprint density at radius 1 is 1.11 bits per heavy atom. The first kappa shape index (κ1) is 30.7. The minimum absolute atomic E-state index is 0.0295. The lowest BCUT2D eigenvalue weighted by Crippen LogP contribution is -2.49. The minimum Gasteiger partial charge on any atom is -0.460 e. The SMILES string of the molecule is CCC(=O)O[C@@H]1CCN(C(=O)[C@]2(Sc3ccc(C)cc3)CC(=O)N(Cc3ccc(Br)cc3)[C@H]2c2c[nH]c3cc(Cl)ccc23)C1. The molecule has 3 aromatic carbocycles. The van der Waals surface area contributed by atoms with E-state index in [1.807, 2.05) is 84.8 Å².